The maximum absolute atomic E-state index is 13.0. The molecule has 2 aromatic rings. The molecule has 25 heavy (non-hydrogen) atoms. The predicted molar refractivity (Wildman–Crippen MR) is 101 cm³/mol. The van der Waals surface area contributed by atoms with Gasteiger partial charge in [0.15, 0.2) is 0 Å². The van der Waals surface area contributed by atoms with Crippen LogP contribution in [-0.2, 0) is 20.3 Å². The molecule has 132 valence electrons. The molecule has 0 N–H and O–H groups in total. The predicted octanol–water partition coefficient (Wildman–Crippen LogP) is 4.05. The van der Waals surface area contributed by atoms with Gasteiger partial charge in [-0.3, -0.25) is 9.00 Å². The SMILES string of the molecule is O=C(CCC1CCCO1)CS(=O)C(c1ccccc1)c1ccccc1. The fourth-order valence-corrected chi connectivity index (χ4v) is 4.81. The van der Waals surface area contributed by atoms with Crippen molar-refractivity contribution in [3.05, 3.63) is 71.8 Å². The van der Waals surface area contributed by atoms with Gasteiger partial charge in [0, 0.05) is 23.8 Å². The normalized spacial score (nSPS) is 18.4. The molecule has 0 spiro atoms. The zero-order valence-corrected chi connectivity index (χ0v) is 15.1. The quantitative estimate of drug-likeness (QED) is 0.716. The number of ether oxygens (including phenoxy) is 1. The van der Waals surface area contributed by atoms with Crippen molar-refractivity contribution in [2.24, 2.45) is 0 Å². The first kappa shape index (κ1) is 18.0. The van der Waals surface area contributed by atoms with E-state index in [-0.39, 0.29) is 22.9 Å². The molecule has 3 rings (SSSR count). The van der Waals surface area contributed by atoms with Crippen LogP contribution in [0.5, 0.6) is 0 Å². The summed E-state index contributed by atoms with van der Waals surface area (Å²) in [4.78, 5) is 12.3. The van der Waals surface area contributed by atoms with Crippen molar-refractivity contribution < 1.29 is 13.7 Å². The second kappa shape index (κ2) is 9.07. The molecule has 0 radical (unpaired) electrons. The molecule has 0 aliphatic carbocycles. The Morgan fingerprint density at radius 3 is 2.16 bits per heavy atom. The van der Waals surface area contributed by atoms with E-state index in [1.54, 1.807) is 0 Å². The fourth-order valence-electron chi connectivity index (χ4n) is 3.26. The third-order valence-corrected chi connectivity index (χ3v) is 6.22. The Bertz CT molecular complexity index is 654. The molecule has 0 saturated carbocycles. The largest absolute Gasteiger partial charge is 0.378 e. The minimum Gasteiger partial charge on any atom is -0.378 e. The standard InChI is InChI=1S/C21H24O3S/c22-19(13-14-20-12-7-15-24-20)16-25(23)21(17-8-3-1-4-9-17)18-10-5-2-6-11-18/h1-6,8-11,20-21H,7,12-16H2. The molecule has 4 heteroatoms. The summed E-state index contributed by atoms with van der Waals surface area (Å²) >= 11 is 0. The zero-order chi connectivity index (χ0) is 17.5. The van der Waals surface area contributed by atoms with Crippen LogP contribution in [0.25, 0.3) is 0 Å². The molecular formula is C21H24O3S. The van der Waals surface area contributed by atoms with Crippen LogP contribution in [0.15, 0.2) is 60.7 Å². The van der Waals surface area contributed by atoms with E-state index < -0.39 is 10.8 Å². The smallest absolute Gasteiger partial charge is 0.145 e. The third-order valence-electron chi connectivity index (χ3n) is 4.54. The average molecular weight is 356 g/mol. The van der Waals surface area contributed by atoms with E-state index in [1.807, 2.05) is 60.7 Å². The zero-order valence-electron chi connectivity index (χ0n) is 14.3. The highest BCUT2D eigenvalue weighted by Crippen LogP contribution is 2.28. The van der Waals surface area contributed by atoms with Gasteiger partial charge in [-0.1, -0.05) is 60.7 Å². The van der Waals surface area contributed by atoms with Gasteiger partial charge in [-0.25, -0.2) is 0 Å². The molecule has 0 bridgehead atoms. The number of Topliss-reactive ketones (excluding diaryl/α,β-unsaturated/α-hetero) is 1. The molecule has 1 fully saturated rings. The van der Waals surface area contributed by atoms with E-state index in [2.05, 4.69) is 0 Å². The number of ketones is 1. The van der Waals surface area contributed by atoms with Crippen LogP contribution in [0, 0.1) is 0 Å². The summed E-state index contributed by atoms with van der Waals surface area (Å²) in [6.07, 6.45) is 3.52. The van der Waals surface area contributed by atoms with E-state index in [9.17, 15) is 9.00 Å². The Balaban J connectivity index is 1.68. The number of rotatable bonds is 8. The monoisotopic (exact) mass is 356 g/mol. The number of hydrogen-bond donors (Lipinski definition) is 0. The minimum atomic E-state index is -1.28. The van der Waals surface area contributed by atoms with Crippen LogP contribution in [-0.4, -0.2) is 28.5 Å². The van der Waals surface area contributed by atoms with E-state index in [1.165, 1.54) is 0 Å². The molecule has 0 aromatic heterocycles. The average Bonchev–Trinajstić information content (AvgIpc) is 3.16. The van der Waals surface area contributed by atoms with E-state index in [4.69, 9.17) is 4.74 Å². The third kappa shape index (κ3) is 5.10. The lowest BCUT2D eigenvalue weighted by Gasteiger charge is -2.17. The second-order valence-corrected chi connectivity index (χ2v) is 7.96. The lowest BCUT2D eigenvalue weighted by Crippen LogP contribution is -2.19. The van der Waals surface area contributed by atoms with Crippen molar-refractivity contribution in [1.29, 1.82) is 0 Å². The van der Waals surface area contributed by atoms with E-state index >= 15 is 0 Å². The van der Waals surface area contributed by atoms with Crippen molar-refractivity contribution in [2.75, 3.05) is 12.4 Å². The number of carbonyl (C=O) groups is 1. The Hall–Kier alpha value is -1.78. The highest BCUT2D eigenvalue weighted by atomic mass is 32.2. The van der Waals surface area contributed by atoms with Crippen LogP contribution in [0.4, 0.5) is 0 Å². The van der Waals surface area contributed by atoms with Crippen LogP contribution in [0.2, 0.25) is 0 Å². The molecule has 3 nitrogen and oxygen atoms in total. The summed E-state index contributed by atoms with van der Waals surface area (Å²) in [5.74, 6) is 0.159. The lowest BCUT2D eigenvalue weighted by molar-refractivity contribution is -0.117. The molecular weight excluding hydrogens is 332 g/mol. The van der Waals surface area contributed by atoms with Crippen LogP contribution >= 0.6 is 0 Å². The Morgan fingerprint density at radius 2 is 1.64 bits per heavy atom. The van der Waals surface area contributed by atoms with Crippen LogP contribution < -0.4 is 0 Å². The fraction of sp³-hybridized carbons (Fsp3) is 0.381. The van der Waals surface area contributed by atoms with Gasteiger partial charge in [0.05, 0.1) is 17.1 Å². The molecule has 1 aliphatic rings. The van der Waals surface area contributed by atoms with Crippen LogP contribution in [0.3, 0.4) is 0 Å². The highest BCUT2D eigenvalue weighted by molar-refractivity contribution is 7.86. The molecule has 1 saturated heterocycles. The molecule has 2 atom stereocenters. The highest BCUT2D eigenvalue weighted by Gasteiger charge is 2.24. The molecule has 2 unspecified atom stereocenters. The second-order valence-electron chi connectivity index (χ2n) is 6.44. The molecule has 2 aromatic carbocycles. The van der Waals surface area contributed by atoms with Crippen molar-refractivity contribution in [1.82, 2.24) is 0 Å². The number of benzene rings is 2. The summed E-state index contributed by atoms with van der Waals surface area (Å²) in [6.45, 7) is 0.800. The first-order chi connectivity index (χ1) is 12.2. The summed E-state index contributed by atoms with van der Waals surface area (Å²) < 4.78 is 18.6. The Morgan fingerprint density at radius 1 is 1.04 bits per heavy atom. The summed E-state index contributed by atoms with van der Waals surface area (Å²) in [5.41, 5.74) is 1.97. The number of carbonyl (C=O) groups excluding carboxylic acids is 1. The van der Waals surface area contributed by atoms with Crippen molar-refractivity contribution >= 4 is 16.6 Å². The molecule has 0 amide bonds. The van der Waals surface area contributed by atoms with Gasteiger partial charge < -0.3 is 4.74 Å². The van der Waals surface area contributed by atoms with Crippen molar-refractivity contribution in [3.63, 3.8) is 0 Å². The van der Waals surface area contributed by atoms with Gasteiger partial charge >= 0.3 is 0 Å². The van der Waals surface area contributed by atoms with Crippen molar-refractivity contribution in [3.8, 4) is 0 Å². The van der Waals surface area contributed by atoms with Gasteiger partial charge in [0.25, 0.3) is 0 Å². The first-order valence-corrected chi connectivity index (χ1v) is 10.2. The van der Waals surface area contributed by atoms with Gasteiger partial charge in [0.2, 0.25) is 0 Å². The molecule has 1 aliphatic heterocycles. The van der Waals surface area contributed by atoms with E-state index in [0.29, 0.717) is 6.42 Å². The Kier molecular flexibility index (Phi) is 6.54. The summed E-state index contributed by atoms with van der Waals surface area (Å²) in [7, 11) is -1.28. The summed E-state index contributed by atoms with van der Waals surface area (Å²) in [6, 6.07) is 19.6. The summed E-state index contributed by atoms with van der Waals surface area (Å²) in [5, 5.41) is -0.269. The number of hydrogen-bond acceptors (Lipinski definition) is 3. The first-order valence-electron chi connectivity index (χ1n) is 8.84. The lowest BCUT2D eigenvalue weighted by atomic mass is 10.0. The van der Waals surface area contributed by atoms with Gasteiger partial charge in [-0.2, -0.15) is 0 Å². The topological polar surface area (TPSA) is 43.4 Å². The maximum Gasteiger partial charge on any atom is 0.145 e. The Labute approximate surface area is 151 Å². The van der Waals surface area contributed by atoms with E-state index in [0.717, 1.165) is 37.0 Å². The van der Waals surface area contributed by atoms with Crippen LogP contribution in [0.1, 0.15) is 42.1 Å². The molecule has 1 heterocycles. The maximum atomic E-state index is 13.0. The van der Waals surface area contributed by atoms with Gasteiger partial charge in [-0.05, 0) is 30.4 Å². The van der Waals surface area contributed by atoms with Gasteiger partial charge in [-0.15, -0.1) is 0 Å². The van der Waals surface area contributed by atoms with Gasteiger partial charge in [0.1, 0.15) is 5.78 Å². The van der Waals surface area contributed by atoms with Crippen molar-refractivity contribution in [2.45, 2.75) is 37.0 Å². The minimum absolute atomic E-state index is 0.0608.